The fourth-order valence-corrected chi connectivity index (χ4v) is 4.24. The molecule has 1 heterocycles. The van der Waals surface area contributed by atoms with Crippen molar-refractivity contribution >= 4 is 17.4 Å². The molecular weight excluding hydrogens is 446 g/mol. The molecule has 0 bridgehead atoms. The van der Waals surface area contributed by atoms with Crippen molar-refractivity contribution in [1.82, 2.24) is 15.3 Å². The van der Waals surface area contributed by atoms with Crippen LogP contribution in [0.4, 0.5) is 4.79 Å². The maximum Gasteiger partial charge on any atom is 0.428 e. The van der Waals surface area contributed by atoms with E-state index in [1.165, 1.54) is 6.07 Å². The minimum atomic E-state index is -0.365. The van der Waals surface area contributed by atoms with Crippen LogP contribution in [0.5, 0.6) is 11.5 Å². The lowest BCUT2D eigenvalue weighted by molar-refractivity contribution is 0.0466. The zero-order valence-electron chi connectivity index (χ0n) is 20.8. The molecule has 9 heteroatoms. The average molecular weight is 482 g/mol. The topological polar surface area (TPSA) is 135 Å². The number of aromatic hydroxyl groups is 2. The van der Waals surface area contributed by atoms with Crippen LogP contribution < -0.4 is 11.2 Å². The molecule has 0 aromatic heterocycles. The first-order valence-electron chi connectivity index (χ1n) is 11.7. The van der Waals surface area contributed by atoms with Crippen LogP contribution in [-0.2, 0) is 11.4 Å². The van der Waals surface area contributed by atoms with Crippen LogP contribution in [0.1, 0.15) is 48.9 Å². The van der Waals surface area contributed by atoms with Gasteiger partial charge in [-0.2, -0.15) is 5.48 Å². The van der Waals surface area contributed by atoms with Gasteiger partial charge in [-0.05, 0) is 35.6 Å². The van der Waals surface area contributed by atoms with Gasteiger partial charge < -0.3 is 25.7 Å². The molecule has 6 N–H and O–H groups in total. The van der Waals surface area contributed by atoms with Gasteiger partial charge in [-0.15, -0.1) is 0 Å². The summed E-state index contributed by atoms with van der Waals surface area (Å²) in [5.74, 6) is -0.123. The predicted molar refractivity (Wildman–Crippen MR) is 136 cm³/mol. The van der Waals surface area contributed by atoms with Crippen LogP contribution in [0.3, 0.4) is 0 Å². The van der Waals surface area contributed by atoms with Crippen molar-refractivity contribution in [3.8, 4) is 11.5 Å². The first kappa shape index (κ1) is 26.1. The largest absolute Gasteiger partial charge is 0.508 e. The molecule has 188 valence electrons. The van der Waals surface area contributed by atoms with Crippen molar-refractivity contribution < 1.29 is 19.8 Å². The van der Waals surface area contributed by atoms with Gasteiger partial charge in [0.05, 0.1) is 5.71 Å². The molecule has 1 aliphatic heterocycles. The van der Waals surface area contributed by atoms with E-state index in [2.05, 4.69) is 10.4 Å². The Bertz CT molecular complexity index is 1100. The number of phenolic OH excluding ortho intramolecular Hbond substituents is 2. The van der Waals surface area contributed by atoms with Gasteiger partial charge in [0, 0.05) is 62.7 Å². The monoisotopic (exact) mass is 481 g/mol. The molecule has 0 spiro atoms. The van der Waals surface area contributed by atoms with Crippen molar-refractivity contribution in [3.05, 3.63) is 64.3 Å². The van der Waals surface area contributed by atoms with Crippen LogP contribution in [0.15, 0.2) is 42.1 Å². The van der Waals surface area contributed by atoms with E-state index in [0.29, 0.717) is 35.5 Å². The number of nitrogens with one attached hydrogen (secondary N) is 2. The number of carbonyl (C=O) groups is 1. The highest BCUT2D eigenvalue weighted by molar-refractivity contribution is 6.31. The maximum atomic E-state index is 11.8. The highest BCUT2D eigenvalue weighted by Crippen LogP contribution is 2.35. The van der Waals surface area contributed by atoms with E-state index in [1.54, 1.807) is 24.9 Å². The molecule has 35 heavy (non-hydrogen) atoms. The lowest BCUT2D eigenvalue weighted by atomic mass is 9.90. The predicted octanol–water partition coefficient (Wildman–Crippen LogP) is 3.37. The van der Waals surface area contributed by atoms with E-state index >= 15 is 0 Å². The van der Waals surface area contributed by atoms with Gasteiger partial charge in [0.15, 0.2) is 0 Å². The lowest BCUT2D eigenvalue weighted by Crippen LogP contribution is -2.49. The van der Waals surface area contributed by atoms with Crippen LogP contribution in [0.2, 0.25) is 0 Å². The van der Waals surface area contributed by atoms with E-state index in [-0.39, 0.29) is 29.2 Å². The molecule has 1 aliphatic rings. The summed E-state index contributed by atoms with van der Waals surface area (Å²) in [5, 5.41) is 29.4. The second kappa shape index (κ2) is 11.2. The van der Waals surface area contributed by atoms with Crippen molar-refractivity contribution in [3.63, 3.8) is 0 Å². The number of piperazine rings is 1. The second-order valence-electron chi connectivity index (χ2n) is 9.05. The average Bonchev–Trinajstić information content (AvgIpc) is 2.80. The number of phenols is 2. The summed E-state index contributed by atoms with van der Waals surface area (Å²) < 4.78 is 0. The molecule has 1 fully saturated rings. The highest BCUT2D eigenvalue weighted by atomic mass is 16.7. The molecule has 0 atom stereocenters. The standard InChI is InChI=1S/C26H35N5O4/c1-16(2)20-13-21(23(33)14-22(20)32)25(28)24(17(3)27)19-7-5-18(6-8-19)15-30-9-11-31(12-10-30)26(34)35-29-4/h5-8,13-14,16,28-29,32-33H,9-12,15,27H2,1-4H3/b24-17-,28-25?. The first-order chi connectivity index (χ1) is 16.6. The van der Waals surface area contributed by atoms with Gasteiger partial charge in [0.1, 0.15) is 11.5 Å². The second-order valence-corrected chi connectivity index (χ2v) is 9.05. The number of rotatable bonds is 7. The summed E-state index contributed by atoms with van der Waals surface area (Å²) in [7, 11) is 1.56. The molecular formula is C26H35N5O4. The highest BCUT2D eigenvalue weighted by Gasteiger charge is 2.23. The summed E-state index contributed by atoms with van der Waals surface area (Å²) in [5.41, 5.74) is 12.6. The lowest BCUT2D eigenvalue weighted by Gasteiger charge is -2.33. The summed E-state index contributed by atoms with van der Waals surface area (Å²) in [6.07, 6.45) is -0.365. The van der Waals surface area contributed by atoms with Gasteiger partial charge >= 0.3 is 6.09 Å². The third kappa shape index (κ3) is 6.12. The van der Waals surface area contributed by atoms with Gasteiger partial charge in [-0.1, -0.05) is 38.1 Å². The fourth-order valence-electron chi connectivity index (χ4n) is 4.24. The quantitative estimate of drug-likeness (QED) is 0.302. The number of hydrogen-bond acceptors (Lipinski definition) is 8. The number of hydrogen-bond donors (Lipinski definition) is 5. The number of benzene rings is 2. The number of amides is 1. The van der Waals surface area contributed by atoms with Crippen LogP contribution in [0, 0.1) is 5.41 Å². The summed E-state index contributed by atoms with van der Waals surface area (Å²) in [6.45, 7) is 9.05. The van der Waals surface area contributed by atoms with E-state index in [1.807, 2.05) is 38.1 Å². The van der Waals surface area contributed by atoms with Gasteiger partial charge in [0.2, 0.25) is 0 Å². The van der Waals surface area contributed by atoms with Crippen molar-refractivity contribution in [1.29, 1.82) is 5.41 Å². The van der Waals surface area contributed by atoms with E-state index in [9.17, 15) is 15.0 Å². The van der Waals surface area contributed by atoms with E-state index in [0.717, 1.165) is 30.8 Å². The molecule has 1 amide bonds. The number of nitrogens with two attached hydrogens (primary N) is 1. The minimum absolute atomic E-state index is 0.00755. The molecule has 9 nitrogen and oxygen atoms in total. The first-order valence-corrected chi connectivity index (χ1v) is 11.7. The van der Waals surface area contributed by atoms with Crippen molar-refractivity contribution in [2.75, 3.05) is 33.2 Å². The fraction of sp³-hybridized carbons (Fsp3) is 0.385. The molecule has 0 saturated carbocycles. The summed E-state index contributed by atoms with van der Waals surface area (Å²) in [4.78, 5) is 20.6. The number of carbonyl (C=O) groups excluding carboxylic acids is 1. The Morgan fingerprint density at radius 2 is 1.74 bits per heavy atom. The van der Waals surface area contributed by atoms with E-state index < -0.39 is 0 Å². The number of nitrogens with zero attached hydrogens (tertiary/aromatic N) is 2. The minimum Gasteiger partial charge on any atom is -0.508 e. The Hall–Kier alpha value is -3.56. The Kier molecular flexibility index (Phi) is 8.37. The maximum absolute atomic E-state index is 11.8. The molecule has 2 aromatic rings. The Balaban J connectivity index is 1.74. The molecule has 0 radical (unpaired) electrons. The van der Waals surface area contributed by atoms with Crippen LogP contribution in [0.25, 0.3) is 5.57 Å². The molecule has 1 saturated heterocycles. The SMILES string of the molecule is CNOC(=O)N1CCN(Cc2ccc(/C(C(=N)c3cc(C(C)C)c(O)cc3O)=C(\C)N)cc2)CC1. The normalized spacial score (nSPS) is 15.2. The zero-order chi connectivity index (χ0) is 25.7. The van der Waals surface area contributed by atoms with Gasteiger partial charge in [0.25, 0.3) is 0 Å². The number of allylic oxidation sites excluding steroid dienone is 2. The zero-order valence-corrected chi connectivity index (χ0v) is 20.8. The van der Waals surface area contributed by atoms with Gasteiger partial charge in [-0.25, -0.2) is 4.79 Å². The van der Waals surface area contributed by atoms with Gasteiger partial charge in [-0.3, -0.25) is 10.3 Å². The number of hydroxylamine groups is 1. The molecule has 3 rings (SSSR count). The summed E-state index contributed by atoms with van der Waals surface area (Å²) in [6, 6.07) is 10.8. The Labute approximate surface area is 206 Å². The van der Waals surface area contributed by atoms with Crippen molar-refractivity contribution in [2.24, 2.45) is 5.73 Å². The smallest absolute Gasteiger partial charge is 0.428 e. The third-order valence-corrected chi connectivity index (χ3v) is 6.15. The van der Waals surface area contributed by atoms with E-state index in [4.69, 9.17) is 16.0 Å². The molecule has 2 aromatic carbocycles. The van der Waals surface area contributed by atoms with Crippen molar-refractivity contribution in [2.45, 2.75) is 33.2 Å². The van der Waals surface area contributed by atoms with Crippen LogP contribution in [-0.4, -0.2) is 65.0 Å². The van der Waals surface area contributed by atoms with Crippen LogP contribution >= 0.6 is 0 Å². The Morgan fingerprint density at radius 3 is 2.29 bits per heavy atom. The molecule has 0 aliphatic carbocycles. The Morgan fingerprint density at radius 1 is 1.11 bits per heavy atom. The summed E-state index contributed by atoms with van der Waals surface area (Å²) >= 11 is 0. The third-order valence-electron chi connectivity index (χ3n) is 6.15. The molecule has 0 unspecified atom stereocenters.